The highest BCUT2D eigenvalue weighted by Crippen LogP contribution is 2.34. The van der Waals surface area contributed by atoms with E-state index >= 15 is 0 Å². The molecule has 1 N–H and O–H groups in total. The molecule has 0 aromatic carbocycles. The molecular formula is C17H21N3O3S. The van der Waals surface area contributed by atoms with Gasteiger partial charge in [-0.2, -0.15) is 0 Å². The largest absolute Gasteiger partial charge is 0.454 e. The van der Waals surface area contributed by atoms with Crippen LogP contribution in [0.3, 0.4) is 0 Å². The summed E-state index contributed by atoms with van der Waals surface area (Å²) in [4.78, 5) is 30.3. The van der Waals surface area contributed by atoms with Gasteiger partial charge in [-0.15, -0.1) is 11.3 Å². The van der Waals surface area contributed by atoms with Crippen LogP contribution in [0.1, 0.15) is 59.2 Å². The maximum Gasteiger partial charge on any atom is 0.290 e. The van der Waals surface area contributed by atoms with Crippen molar-refractivity contribution >= 4 is 23.2 Å². The number of hydrogen-bond acceptors (Lipinski definition) is 5. The van der Waals surface area contributed by atoms with E-state index in [4.69, 9.17) is 4.42 Å². The Labute approximate surface area is 144 Å². The SMILES string of the molecule is CC(=O)NCc1ccc(C(=O)N2CCCC[C@H]2c2nc(C)cs2)o1. The Kier molecular flexibility index (Phi) is 4.99. The molecule has 24 heavy (non-hydrogen) atoms. The Morgan fingerprint density at radius 1 is 1.42 bits per heavy atom. The molecule has 3 rings (SSSR count). The van der Waals surface area contributed by atoms with E-state index in [0.29, 0.717) is 18.1 Å². The van der Waals surface area contributed by atoms with Crippen LogP contribution in [0.5, 0.6) is 0 Å². The van der Waals surface area contributed by atoms with Crippen LogP contribution in [-0.2, 0) is 11.3 Å². The van der Waals surface area contributed by atoms with Crippen LogP contribution >= 0.6 is 11.3 Å². The van der Waals surface area contributed by atoms with Crippen LogP contribution in [0, 0.1) is 6.92 Å². The predicted molar refractivity (Wildman–Crippen MR) is 90.7 cm³/mol. The number of aromatic nitrogens is 1. The van der Waals surface area contributed by atoms with Crippen molar-refractivity contribution in [1.82, 2.24) is 15.2 Å². The minimum absolute atomic E-state index is 0.0221. The minimum Gasteiger partial charge on any atom is -0.454 e. The lowest BCUT2D eigenvalue weighted by molar-refractivity contribution is -0.119. The van der Waals surface area contributed by atoms with Crippen LogP contribution in [-0.4, -0.2) is 28.2 Å². The van der Waals surface area contributed by atoms with Gasteiger partial charge in [-0.05, 0) is 38.3 Å². The number of carbonyl (C=O) groups excluding carboxylic acids is 2. The molecule has 2 aromatic heterocycles. The quantitative estimate of drug-likeness (QED) is 0.922. The van der Waals surface area contributed by atoms with Crippen LogP contribution in [0.25, 0.3) is 0 Å². The molecule has 2 amide bonds. The van der Waals surface area contributed by atoms with E-state index in [1.165, 1.54) is 6.92 Å². The predicted octanol–water partition coefficient (Wildman–Crippen LogP) is 3.05. The zero-order chi connectivity index (χ0) is 17.1. The van der Waals surface area contributed by atoms with Crippen molar-refractivity contribution in [3.63, 3.8) is 0 Å². The average Bonchev–Trinajstić information content (AvgIpc) is 3.21. The van der Waals surface area contributed by atoms with E-state index in [9.17, 15) is 9.59 Å². The third-order valence-electron chi connectivity index (χ3n) is 4.07. The molecule has 1 atom stereocenters. The number of likely N-dealkylation sites (tertiary alicyclic amines) is 1. The van der Waals surface area contributed by atoms with Crippen molar-refractivity contribution in [3.8, 4) is 0 Å². The van der Waals surface area contributed by atoms with Crippen molar-refractivity contribution in [2.24, 2.45) is 0 Å². The lowest BCUT2D eigenvalue weighted by atomic mass is 10.0. The van der Waals surface area contributed by atoms with Gasteiger partial charge in [-0.25, -0.2) is 4.98 Å². The molecule has 0 unspecified atom stereocenters. The summed E-state index contributed by atoms with van der Waals surface area (Å²) >= 11 is 1.61. The Bertz CT molecular complexity index is 737. The smallest absolute Gasteiger partial charge is 0.290 e. The standard InChI is InChI=1S/C17H21N3O3S/c1-11-10-24-16(19-11)14-5-3-4-8-20(14)17(22)15-7-6-13(23-15)9-18-12(2)21/h6-7,10,14H,3-5,8-9H2,1-2H3,(H,18,21)/t14-/m0/s1. The van der Waals surface area contributed by atoms with Crippen molar-refractivity contribution in [2.45, 2.75) is 45.7 Å². The Morgan fingerprint density at radius 3 is 2.96 bits per heavy atom. The molecule has 0 aliphatic carbocycles. The van der Waals surface area contributed by atoms with Gasteiger partial charge in [0.2, 0.25) is 5.91 Å². The molecule has 1 saturated heterocycles. The number of hydrogen-bond donors (Lipinski definition) is 1. The first kappa shape index (κ1) is 16.7. The van der Waals surface area contributed by atoms with E-state index in [0.717, 1.165) is 30.0 Å². The van der Waals surface area contributed by atoms with Crippen LogP contribution in [0.4, 0.5) is 0 Å². The van der Waals surface area contributed by atoms with Crippen LogP contribution in [0.15, 0.2) is 21.9 Å². The number of furan rings is 1. The van der Waals surface area contributed by atoms with E-state index < -0.39 is 0 Å². The number of nitrogens with zero attached hydrogens (tertiary/aromatic N) is 2. The van der Waals surface area contributed by atoms with Crippen molar-refractivity contribution < 1.29 is 14.0 Å². The number of carbonyl (C=O) groups is 2. The van der Waals surface area contributed by atoms with Crippen LogP contribution < -0.4 is 5.32 Å². The molecule has 7 heteroatoms. The van der Waals surface area contributed by atoms with Gasteiger partial charge in [0, 0.05) is 24.5 Å². The summed E-state index contributed by atoms with van der Waals surface area (Å²) in [6.45, 7) is 4.42. The third kappa shape index (κ3) is 3.67. The summed E-state index contributed by atoms with van der Waals surface area (Å²) in [7, 11) is 0. The molecule has 1 fully saturated rings. The first-order valence-corrected chi connectivity index (χ1v) is 8.98. The zero-order valence-electron chi connectivity index (χ0n) is 13.9. The molecule has 6 nitrogen and oxygen atoms in total. The Hall–Kier alpha value is -2.15. The number of piperidine rings is 1. The summed E-state index contributed by atoms with van der Waals surface area (Å²) in [5.41, 5.74) is 0.989. The molecule has 3 heterocycles. The average molecular weight is 347 g/mol. The molecule has 0 bridgehead atoms. The summed E-state index contributed by atoms with van der Waals surface area (Å²) in [6.07, 6.45) is 3.02. The van der Waals surface area contributed by atoms with Crippen molar-refractivity contribution in [3.05, 3.63) is 39.7 Å². The Morgan fingerprint density at radius 2 is 2.25 bits per heavy atom. The first-order chi connectivity index (χ1) is 11.5. The second-order valence-corrected chi connectivity index (χ2v) is 6.90. The maximum absolute atomic E-state index is 12.9. The fourth-order valence-corrected chi connectivity index (χ4v) is 3.84. The highest BCUT2D eigenvalue weighted by Gasteiger charge is 2.32. The van der Waals surface area contributed by atoms with Crippen LogP contribution in [0.2, 0.25) is 0 Å². The van der Waals surface area contributed by atoms with Crippen molar-refractivity contribution in [2.75, 3.05) is 6.54 Å². The maximum atomic E-state index is 12.9. The molecule has 1 aliphatic heterocycles. The van der Waals surface area contributed by atoms with E-state index in [1.54, 1.807) is 23.5 Å². The number of thiazole rings is 1. The molecule has 0 radical (unpaired) electrons. The van der Waals surface area contributed by atoms with E-state index in [-0.39, 0.29) is 24.4 Å². The summed E-state index contributed by atoms with van der Waals surface area (Å²) < 4.78 is 5.62. The number of nitrogens with one attached hydrogen (secondary N) is 1. The molecule has 0 saturated carbocycles. The fraction of sp³-hybridized carbons (Fsp3) is 0.471. The first-order valence-electron chi connectivity index (χ1n) is 8.10. The van der Waals surface area contributed by atoms with Gasteiger partial charge in [0.15, 0.2) is 5.76 Å². The van der Waals surface area contributed by atoms with E-state index in [1.807, 2.05) is 17.2 Å². The lowest BCUT2D eigenvalue weighted by Gasteiger charge is -2.33. The Balaban J connectivity index is 1.75. The molecule has 2 aromatic rings. The van der Waals surface area contributed by atoms with Gasteiger partial charge in [0.1, 0.15) is 10.8 Å². The highest BCUT2D eigenvalue weighted by molar-refractivity contribution is 7.09. The third-order valence-corrected chi connectivity index (χ3v) is 5.13. The lowest BCUT2D eigenvalue weighted by Crippen LogP contribution is -2.38. The fourth-order valence-electron chi connectivity index (χ4n) is 2.90. The van der Waals surface area contributed by atoms with Gasteiger partial charge in [-0.1, -0.05) is 0 Å². The number of rotatable bonds is 4. The van der Waals surface area contributed by atoms with Crippen molar-refractivity contribution in [1.29, 1.82) is 0 Å². The van der Waals surface area contributed by atoms with Gasteiger partial charge in [-0.3, -0.25) is 9.59 Å². The highest BCUT2D eigenvalue weighted by atomic mass is 32.1. The molecule has 128 valence electrons. The second kappa shape index (κ2) is 7.17. The minimum atomic E-state index is -0.130. The second-order valence-electron chi connectivity index (χ2n) is 6.01. The molecular weight excluding hydrogens is 326 g/mol. The summed E-state index contributed by atoms with van der Waals surface area (Å²) in [5, 5.41) is 5.68. The number of aryl methyl sites for hydroxylation is 1. The molecule has 0 spiro atoms. The van der Waals surface area contributed by atoms with Gasteiger partial charge < -0.3 is 14.6 Å². The van der Waals surface area contributed by atoms with Gasteiger partial charge in [0.05, 0.1) is 12.6 Å². The van der Waals surface area contributed by atoms with Gasteiger partial charge in [0.25, 0.3) is 5.91 Å². The monoisotopic (exact) mass is 347 g/mol. The van der Waals surface area contributed by atoms with Gasteiger partial charge >= 0.3 is 0 Å². The summed E-state index contributed by atoms with van der Waals surface area (Å²) in [6, 6.07) is 3.43. The zero-order valence-corrected chi connectivity index (χ0v) is 14.7. The summed E-state index contributed by atoms with van der Waals surface area (Å²) in [5.74, 6) is 0.652. The number of amides is 2. The topological polar surface area (TPSA) is 75.4 Å². The van der Waals surface area contributed by atoms with E-state index in [2.05, 4.69) is 10.3 Å². The molecule has 1 aliphatic rings. The normalized spacial score (nSPS) is 17.8.